The predicted molar refractivity (Wildman–Crippen MR) is 70.8 cm³/mol. The molecule has 0 aromatic carbocycles. The van der Waals surface area contributed by atoms with E-state index in [1.165, 1.54) is 32.5 Å². The smallest absolute Gasteiger partial charge is 0.358 e. The van der Waals surface area contributed by atoms with Crippen LogP contribution in [0.4, 0.5) is 5.69 Å². The lowest BCUT2D eigenvalue weighted by Crippen LogP contribution is -2.07. The summed E-state index contributed by atoms with van der Waals surface area (Å²) >= 11 is 0. The van der Waals surface area contributed by atoms with Gasteiger partial charge in [0.15, 0.2) is 11.4 Å². The van der Waals surface area contributed by atoms with Gasteiger partial charge < -0.3 is 25.1 Å². The third-order valence-corrected chi connectivity index (χ3v) is 2.41. The van der Waals surface area contributed by atoms with Crippen molar-refractivity contribution in [3.63, 3.8) is 0 Å². The van der Waals surface area contributed by atoms with Gasteiger partial charge in [-0.3, -0.25) is 0 Å². The minimum atomic E-state index is -1.29. The van der Waals surface area contributed by atoms with E-state index in [-0.39, 0.29) is 34.9 Å². The summed E-state index contributed by atoms with van der Waals surface area (Å²) in [7, 11) is 2.82. The van der Waals surface area contributed by atoms with Gasteiger partial charge in [0.25, 0.3) is 0 Å². The number of rotatable bonds is 5. The van der Waals surface area contributed by atoms with Crippen LogP contribution >= 0.6 is 0 Å². The second-order valence-electron chi connectivity index (χ2n) is 3.72. The van der Waals surface area contributed by atoms with Crippen molar-refractivity contribution < 1.29 is 24.1 Å². The fourth-order valence-corrected chi connectivity index (χ4v) is 1.45. The van der Waals surface area contributed by atoms with Gasteiger partial charge in [-0.1, -0.05) is 0 Å². The molecule has 0 saturated carbocycles. The molecule has 2 aromatic heterocycles. The van der Waals surface area contributed by atoms with Gasteiger partial charge >= 0.3 is 12.0 Å². The van der Waals surface area contributed by atoms with E-state index in [9.17, 15) is 4.79 Å². The molecule has 0 atom stereocenters. The Morgan fingerprint density at radius 2 is 1.86 bits per heavy atom. The molecule has 9 nitrogen and oxygen atoms in total. The van der Waals surface area contributed by atoms with Crippen molar-refractivity contribution in [2.45, 2.75) is 0 Å². The van der Waals surface area contributed by atoms with Gasteiger partial charge in [-0.15, -0.1) is 0 Å². The zero-order valence-corrected chi connectivity index (χ0v) is 11.2. The highest BCUT2D eigenvalue weighted by Crippen LogP contribution is 2.30. The van der Waals surface area contributed by atoms with Crippen LogP contribution in [0, 0.1) is 0 Å². The number of carbonyl (C=O) groups is 1. The van der Waals surface area contributed by atoms with E-state index in [4.69, 9.17) is 25.1 Å². The Hall–Kier alpha value is -3.10. The first-order valence-corrected chi connectivity index (χ1v) is 5.67. The van der Waals surface area contributed by atoms with Crippen molar-refractivity contribution in [2.75, 3.05) is 20.0 Å². The van der Waals surface area contributed by atoms with Crippen molar-refractivity contribution in [1.82, 2.24) is 15.0 Å². The molecule has 0 amide bonds. The van der Waals surface area contributed by atoms with Crippen LogP contribution in [0.5, 0.6) is 23.5 Å². The van der Waals surface area contributed by atoms with Crippen molar-refractivity contribution in [2.24, 2.45) is 0 Å². The predicted octanol–water partition coefficient (Wildman–Crippen LogP) is 0.961. The molecule has 9 heteroatoms. The van der Waals surface area contributed by atoms with Gasteiger partial charge in [0.05, 0.1) is 26.0 Å². The number of carboxylic acid groups (broad SMARTS) is 1. The molecule has 0 fully saturated rings. The van der Waals surface area contributed by atoms with Crippen LogP contribution in [0.25, 0.3) is 0 Å². The fourth-order valence-electron chi connectivity index (χ4n) is 1.45. The van der Waals surface area contributed by atoms with Gasteiger partial charge in [-0.25, -0.2) is 9.78 Å². The van der Waals surface area contributed by atoms with Gasteiger partial charge in [-0.05, 0) is 6.07 Å². The molecule has 0 saturated heterocycles. The molecule has 0 aliphatic heterocycles. The van der Waals surface area contributed by atoms with E-state index in [0.29, 0.717) is 0 Å². The lowest BCUT2D eigenvalue weighted by Gasteiger charge is -2.10. The first-order chi connectivity index (χ1) is 10.0. The normalized spacial score (nSPS) is 10.0. The summed E-state index contributed by atoms with van der Waals surface area (Å²) in [5.74, 6) is -1.06. The van der Waals surface area contributed by atoms with E-state index < -0.39 is 5.97 Å². The Kier molecular flexibility index (Phi) is 4.02. The molecule has 0 radical (unpaired) electrons. The van der Waals surface area contributed by atoms with Crippen LogP contribution in [-0.4, -0.2) is 40.2 Å². The minimum absolute atomic E-state index is 0.0905. The van der Waals surface area contributed by atoms with Crippen LogP contribution in [0.3, 0.4) is 0 Å². The van der Waals surface area contributed by atoms with Crippen molar-refractivity contribution in [3.05, 3.63) is 24.0 Å². The number of hydrogen-bond acceptors (Lipinski definition) is 8. The van der Waals surface area contributed by atoms with Crippen molar-refractivity contribution in [3.8, 4) is 23.5 Å². The Balaban J connectivity index is 2.45. The average Bonchev–Trinajstić information content (AvgIpc) is 2.48. The molecular formula is C12H12N4O5. The van der Waals surface area contributed by atoms with Gasteiger partial charge in [0.2, 0.25) is 11.8 Å². The van der Waals surface area contributed by atoms with Crippen molar-refractivity contribution >= 4 is 11.7 Å². The Labute approximate surface area is 119 Å². The van der Waals surface area contributed by atoms with Crippen LogP contribution < -0.4 is 19.9 Å². The molecule has 0 aliphatic rings. The standard InChI is InChI=1S/C12H12N4O5/c1-19-7-5-8(20-2)16-12(15-7)21-10-6(13)3-4-14-9(10)11(17)18/h3-5H,1-2H3,(H2,13,14)(H,17,18). The monoisotopic (exact) mass is 292 g/mol. The maximum atomic E-state index is 11.1. The second kappa shape index (κ2) is 5.90. The molecule has 0 spiro atoms. The van der Waals surface area contributed by atoms with E-state index in [1.54, 1.807) is 0 Å². The van der Waals surface area contributed by atoms with E-state index in [1.807, 2.05) is 0 Å². The van der Waals surface area contributed by atoms with Gasteiger partial charge in [0.1, 0.15) is 0 Å². The first kappa shape index (κ1) is 14.3. The Bertz CT molecular complexity index is 654. The number of aromatic carboxylic acids is 1. The number of aromatic nitrogens is 3. The number of ether oxygens (including phenoxy) is 3. The third kappa shape index (κ3) is 3.08. The number of nitrogens with two attached hydrogens (primary N) is 1. The maximum absolute atomic E-state index is 11.1. The molecular weight excluding hydrogens is 280 g/mol. The summed E-state index contributed by atoms with van der Waals surface area (Å²) in [6.45, 7) is 0. The number of nitrogen functional groups attached to an aromatic ring is 1. The van der Waals surface area contributed by atoms with Crippen LogP contribution in [-0.2, 0) is 0 Å². The molecule has 21 heavy (non-hydrogen) atoms. The number of carboxylic acids is 1. The lowest BCUT2D eigenvalue weighted by atomic mass is 10.3. The fraction of sp³-hybridized carbons (Fsp3) is 0.167. The quantitative estimate of drug-likeness (QED) is 0.827. The molecule has 0 bridgehead atoms. The highest BCUT2D eigenvalue weighted by molar-refractivity contribution is 5.90. The van der Waals surface area contributed by atoms with Crippen molar-refractivity contribution in [1.29, 1.82) is 0 Å². The number of methoxy groups -OCH3 is 2. The van der Waals surface area contributed by atoms with Crippen LogP contribution in [0.1, 0.15) is 10.5 Å². The van der Waals surface area contributed by atoms with Gasteiger partial charge in [0, 0.05) is 6.20 Å². The molecule has 2 rings (SSSR count). The van der Waals surface area contributed by atoms with E-state index in [2.05, 4.69) is 15.0 Å². The Morgan fingerprint density at radius 3 is 2.38 bits per heavy atom. The second-order valence-corrected chi connectivity index (χ2v) is 3.72. The number of pyridine rings is 1. The highest BCUT2D eigenvalue weighted by atomic mass is 16.5. The number of anilines is 1. The number of nitrogens with zero attached hydrogens (tertiary/aromatic N) is 3. The topological polar surface area (TPSA) is 130 Å². The molecule has 2 heterocycles. The third-order valence-electron chi connectivity index (χ3n) is 2.41. The largest absolute Gasteiger partial charge is 0.481 e. The first-order valence-electron chi connectivity index (χ1n) is 5.67. The maximum Gasteiger partial charge on any atom is 0.358 e. The summed E-state index contributed by atoms with van der Waals surface area (Å²) in [5, 5.41) is 9.08. The zero-order chi connectivity index (χ0) is 15.4. The highest BCUT2D eigenvalue weighted by Gasteiger charge is 2.18. The molecule has 110 valence electrons. The van der Waals surface area contributed by atoms with Crippen LogP contribution in [0.15, 0.2) is 18.3 Å². The molecule has 2 aromatic rings. The SMILES string of the molecule is COc1cc(OC)nc(Oc2c(N)ccnc2C(=O)O)n1. The molecule has 0 aliphatic carbocycles. The average molecular weight is 292 g/mol. The van der Waals surface area contributed by atoms with E-state index >= 15 is 0 Å². The van der Waals surface area contributed by atoms with Gasteiger partial charge in [-0.2, -0.15) is 9.97 Å². The Morgan fingerprint density at radius 1 is 1.24 bits per heavy atom. The summed E-state index contributed by atoms with van der Waals surface area (Å²) in [4.78, 5) is 22.7. The summed E-state index contributed by atoms with van der Waals surface area (Å²) in [5.41, 5.74) is 5.45. The minimum Gasteiger partial charge on any atom is -0.481 e. The van der Waals surface area contributed by atoms with Crippen LogP contribution in [0.2, 0.25) is 0 Å². The lowest BCUT2D eigenvalue weighted by molar-refractivity contribution is 0.0687. The van der Waals surface area contributed by atoms with E-state index in [0.717, 1.165) is 0 Å². The summed E-state index contributed by atoms with van der Waals surface area (Å²) in [6, 6.07) is 2.67. The summed E-state index contributed by atoms with van der Waals surface area (Å²) < 4.78 is 15.3. The number of hydrogen-bond donors (Lipinski definition) is 2. The molecule has 0 unspecified atom stereocenters. The molecule has 3 N–H and O–H groups in total. The summed E-state index contributed by atoms with van der Waals surface area (Å²) in [6.07, 6.45) is 1.26. The zero-order valence-electron chi connectivity index (χ0n) is 11.2.